The molecule has 20 heavy (non-hydrogen) atoms. The molecule has 0 fully saturated rings. The number of nitrogens with one attached hydrogen (secondary N) is 1. The summed E-state index contributed by atoms with van der Waals surface area (Å²) in [4.78, 5) is 4.37. The van der Waals surface area contributed by atoms with Crippen molar-refractivity contribution in [2.24, 2.45) is 23.7 Å². The molecule has 0 aromatic carbocycles. The lowest BCUT2D eigenvalue weighted by molar-refractivity contribution is 0.493. The van der Waals surface area contributed by atoms with E-state index in [2.05, 4.69) is 36.2 Å². The maximum atomic E-state index is 5.90. The van der Waals surface area contributed by atoms with E-state index in [0.29, 0.717) is 18.5 Å². The molecule has 0 unspecified atom stereocenters. The summed E-state index contributed by atoms with van der Waals surface area (Å²) in [6, 6.07) is 2.39. The van der Waals surface area contributed by atoms with Gasteiger partial charge in [0.25, 0.3) is 0 Å². The summed E-state index contributed by atoms with van der Waals surface area (Å²) in [6.07, 6.45) is 6.30. The fourth-order valence-electron chi connectivity index (χ4n) is 2.14. The van der Waals surface area contributed by atoms with Crippen LogP contribution in [0.15, 0.2) is 17.3 Å². The zero-order valence-corrected chi connectivity index (χ0v) is 13.3. The molecule has 0 amide bonds. The van der Waals surface area contributed by atoms with Crippen molar-refractivity contribution in [1.82, 2.24) is 15.1 Å². The van der Waals surface area contributed by atoms with Crippen molar-refractivity contribution in [2.75, 3.05) is 6.54 Å². The number of nitrogens with zero attached hydrogens (tertiary/aromatic N) is 3. The summed E-state index contributed by atoms with van der Waals surface area (Å²) in [7, 11) is 1.94. The van der Waals surface area contributed by atoms with Gasteiger partial charge in [-0.3, -0.25) is 9.67 Å². The SMILES string of the molecule is CC(C)CCC[C@@H](C)NC(N)=NCCc1ccnn1C. The van der Waals surface area contributed by atoms with E-state index in [9.17, 15) is 0 Å². The number of aliphatic imine (C=N–C) groups is 1. The molecule has 5 heteroatoms. The Labute approximate surface area is 122 Å². The second-order valence-corrected chi connectivity index (χ2v) is 5.83. The van der Waals surface area contributed by atoms with E-state index >= 15 is 0 Å². The molecular weight excluding hydrogens is 250 g/mol. The van der Waals surface area contributed by atoms with Crippen LogP contribution in [0.3, 0.4) is 0 Å². The first-order chi connectivity index (χ1) is 9.49. The first-order valence-electron chi connectivity index (χ1n) is 7.52. The van der Waals surface area contributed by atoms with Crippen LogP contribution in [-0.2, 0) is 13.5 Å². The molecule has 114 valence electrons. The van der Waals surface area contributed by atoms with Gasteiger partial charge in [0.15, 0.2) is 5.96 Å². The lowest BCUT2D eigenvalue weighted by atomic mass is 10.0. The van der Waals surface area contributed by atoms with Crippen LogP contribution in [-0.4, -0.2) is 28.3 Å². The van der Waals surface area contributed by atoms with Crippen LogP contribution in [0, 0.1) is 5.92 Å². The van der Waals surface area contributed by atoms with E-state index < -0.39 is 0 Å². The standard InChI is InChI=1S/C15H29N5/c1-12(2)6-5-7-13(3)19-15(16)17-10-8-14-9-11-18-20(14)4/h9,11-13H,5-8,10H2,1-4H3,(H3,16,17,19)/t13-/m1/s1. The monoisotopic (exact) mass is 279 g/mol. The van der Waals surface area contributed by atoms with Crippen molar-refractivity contribution >= 4 is 5.96 Å². The van der Waals surface area contributed by atoms with Gasteiger partial charge in [0, 0.05) is 37.9 Å². The van der Waals surface area contributed by atoms with Crippen LogP contribution in [0.5, 0.6) is 0 Å². The summed E-state index contributed by atoms with van der Waals surface area (Å²) in [5.74, 6) is 1.32. The van der Waals surface area contributed by atoms with Gasteiger partial charge in [-0.2, -0.15) is 5.10 Å². The molecule has 0 aliphatic rings. The summed E-state index contributed by atoms with van der Waals surface area (Å²) in [6.45, 7) is 7.36. The largest absolute Gasteiger partial charge is 0.370 e. The van der Waals surface area contributed by atoms with Gasteiger partial charge in [0.1, 0.15) is 0 Å². The summed E-state index contributed by atoms with van der Waals surface area (Å²) in [5, 5.41) is 7.39. The Morgan fingerprint density at radius 3 is 2.75 bits per heavy atom. The number of nitrogens with two attached hydrogens (primary N) is 1. The highest BCUT2D eigenvalue weighted by Crippen LogP contribution is 2.08. The minimum absolute atomic E-state index is 0.384. The van der Waals surface area contributed by atoms with E-state index in [-0.39, 0.29) is 0 Å². The fourth-order valence-corrected chi connectivity index (χ4v) is 2.14. The van der Waals surface area contributed by atoms with Crippen LogP contribution in [0.25, 0.3) is 0 Å². The Bertz CT molecular complexity index is 408. The van der Waals surface area contributed by atoms with Crippen molar-refractivity contribution in [3.63, 3.8) is 0 Å². The smallest absolute Gasteiger partial charge is 0.188 e. The average molecular weight is 279 g/mol. The lowest BCUT2D eigenvalue weighted by Crippen LogP contribution is -2.38. The van der Waals surface area contributed by atoms with Crippen molar-refractivity contribution in [1.29, 1.82) is 0 Å². The second kappa shape index (κ2) is 8.61. The van der Waals surface area contributed by atoms with Crippen molar-refractivity contribution in [2.45, 2.75) is 52.5 Å². The van der Waals surface area contributed by atoms with Crippen LogP contribution in [0.4, 0.5) is 0 Å². The zero-order valence-electron chi connectivity index (χ0n) is 13.3. The lowest BCUT2D eigenvalue weighted by Gasteiger charge is -2.15. The Morgan fingerprint density at radius 1 is 1.40 bits per heavy atom. The number of hydrogen-bond acceptors (Lipinski definition) is 2. The van der Waals surface area contributed by atoms with Gasteiger partial charge in [0.2, 0.25) is 0 Å². The molecule has 0 saturated carbocycles. The normalized spacial score (nSPS) is 13.8. The molecule has 1 aromatic heterocycles. The molecule has 0 spiro atoms. The van der Waals surface area contributed by atoms with Crippen LogP contribution >= 0.6 is 0 Å². The Morgan fingerprint density at radius 2 is 2.15 bits per heavy atom. The van der Waals surface area contributed by atoms with Gasteiger partial charge in [-0.05, 0) is 25.3 Å². The molecule has 0 radical (unpaired) electrons. The summed E-state index contributed by atoms with van der Waals surface area (Å²) in [5.41, 5.74) is 7.07. The number of aryl methyl sites for hydroxylation is 1. The molecule has 3 N–H and O–H groups in total. The predicted molar refractivity (Wildman–Crippen MR) is 84.7 cm³/mol. The van der Waals surface area contributed by atoms with E-state index in [0.717, 1.165) is 18.8 Å². The molecule has 1 rings (SSSR count). The minimum Gasteiger partial charge on any atom is -0.370 e. The number of guanidine groups is 1. The van der Waals surface area contributed by atoms with Crippen molar-refractivity contribution in [3.8, 4) is 0 Å². The number of hydrogen-bond donors (Lipinski definition) is 2. The highest BCUT2D eigenvalue weighted by Gasteiger charge is 2.04. The second-order valence-electron chi connectivity index (χ2n) is 5.83. The van der Waals surface area contributed by atoms with Gasteiger partial charge < -0.3 is 11.1 Å². The van der Waals surface area contributed by atoms with E-state index in [4.69, 9.17) is 5.73 Å². The maximum Gasteiger partial charge on any atom is 0.188 e. The predicted octanol–water partition coefficient (Wildman–Crippen LogP) is 2.08. The highest BCUT2D eigenvalue weighted by atomic mass is 15.3. The third-order valence-corrected chi connectivity index (χ3v) is 3.39. The van der Waals surface area contributed by atoms with E-state index in [1.165, 1.54) is 18.5 Å². The highest BCUT2D eigenvalue weighted by molar-refractivity contribution is 5.78. The third kappa shape index (κ3) is 6.59. The number of rotatable bonds is 8. The Balaban J connectivity index is 2.22. The van der Waals surface area contributed by atoms with Gasteiger partial charge in [-0.25, -0.2) is 0 Å². The van der Waals surface area contributed by atoms with Gasteiger partial charge in [-0.1, -0.05) is 26.7 Å². The van der Waals surface area contributed by atoms with Crippen LogP contribution in [0.2, 0.25) is 0 Å². The molecule has 1 aromatic rings. The quantitative estimate of drug-likeness (QED) is 0.565. The fraction of sp³-hybridized carbons (Fsp3) is 0.733. The molecule has 5 nitrogen and oxygen atoms in total. The van der Waals surface area contributed by atoms with Crippen LogP contribution < -0.4 is 11.1 Å². The molecule has 0 bridgehead atoms. The topological polar surface area (TPSA) is 68.2 Å². The van der Waals surface area contributed by atoms with Crippen molar-refractivity contribution in [3.05, 3.63) is 18.0 Å². The molecule has 1 atom stereocenters. The first kappa shape index (κ1) is 16.5. The Kier molecular flexibility index (Phi) is 7.12. The van der Waals surface area contributed by atoms with E-state index in [1.807, 2.05) is 17.8 Å². The maximum absolute atomic E-state index is 5.90. The summed E-state index contributed by atoms with van der Waals surface area (Å²) >= 11 is 0. The third-order valence-electron chi connectivity index (χ3n) is 3.39. The van der Waals surface area contributed by atoms with Crippen LogP contribution in [0.1, 0.15) is 45.7 Å². The molecule has 0 aliphatic carbocycles. The average Bonchev–Trinajstić information content (AvgIpc) is 2.74. The zero-order chi connectivity index (χ0) is 15.0. The Hall–Kier alpha value is -1.52. The molecule has 0 aliphatic heterocycles. The first-order valence-corrected chi connectivity index (χ1v) is 7.52. The molecule has 0 saturated heterocycles. The molecule has 1 heterocycles. The summed E-state index contributed by atoms with van der Waals surface area (Å²) < 4.78 is 1.87. The van der Waals surface area contributed by atoms with Gasteiger partial charge >= 0.3 is 0 Å². The minimum atomic E-state index is 0.384. The van der Waals surface area contributed by atoms with E-state index in [1.54, 1.807) is 6.20 Å². The van der Waals surface area contributed by atoms with Gasteiger partial charge in [0.05, 0.1) is 0 Å². The molecular formula is C15H29N5. The van der Waals surface area contributed by atoms with Crippen molar-refractivity contribution < 1.29 is 0 Å². The number of aromatic nitrogens is 2. The van der Waals surface area contributed by atoms with Gasteiger partial charge in [-0.15, -0.1) is 0 Å².